The lowest BCUT2D eigenvalue weighted by atomic mass is 9.84. The Morgan fingerprint density at radius 2 is 1.95 bits per heavy atom. The van der Waals surface area contributed by atoms with Gasteiger partial charge in [-0.1, -0.05) is 13.3 Å². The van der Waals surface area contributed by atoms with E-state index < -0.39 is 0 Å². The van der Waals surface area contributed by atoms with Gasteiger partial charge in [-0.05, 0) is 45.4 Å². The highest BCUT2D eigenvalue weighted by Crippen LogP contribution is 2.27. The van der Waals surface area contributed by atoms with Crippen molar-refractivity contribution in [2.75, 3.05) is 6.54 Å². The van der Waals surface area contributed by atoms with E-state index in [0.717, 1.165) is 18.8 Å². The second-order valence-corrected chi connectivity index (χ2v) is 6.68. The van der Waals surface area contributed by atoms with Gasteiger partial charge < -0.3 is 10.2 Å². The van der Waals surface area contributed by atoms with Crippen molar-refractivity contribution < 1.29 is 9.59 Å². The highest BCUT2D eigenvalue weighted by Gasteiger charge is 2.36. The summed E-state index contributed by atoms with van der Waals surface area (Å²) in [5, 5.41) is 3.17. The molecule has 114 valence electrons. The summed E-state index contributed by atoms with van der Waals surface area (Å²) in [7, 11) is 0. The fourth-order valence-corrected chi connectivity index (χ4v) is 3.44. The van der Waals surface area contributed by atoms with Crippen LogP contribution in [0.1, 0.15) is 59.3 Å². The quantitative estimate of drug-likeness (QED) is 0.859. The molecule has 1 heterocycles. The molecular weight excluding hydrogens is 252 g/mol. The molecule has 2 amide bonds. The molecule has 0 spiro atoms. The maximum absolute atomic E-state index is 12.3. The average molecular weight is 280 g/mol. The minimum absolute atomic E-state index is 0.0847. The molecule has 2 rings (SSSR count). The largest absolute Gasteiger partial charge is 0.353 e. The normalized spacial score (nSPS) is 30.9. The Balaban J connectivity index is 1.80. The first-order valence-corrected chi connectivity index (χ1v) is 8.11. The Labute approximate surface area is 122 Å². The van der Waals surface area contributed by atoms with Crippen LogP contribution < -0.4 is 5.32 Å². The van der Waals surface area contributed by atoms with E-state index in [4.69, 9.17) is 0 Å². The first-order chi connectivity index (χ1) is 9.51. The van der Waals surface area contributed by atoms with Crippen LogP contribution in [0.5, 0.6) is 0 Å². The van der Waals surface area contributed by atoms with Gasteiger partial charge in [0.05, 0.1) is 5.92 Å². The summed E-state index contributed by atoms with van der Waals surface area (Å²) < 4.78 is 0. The predicted octanol–water partition coefficient (Wildman–Crippen LogP) is 2.33. The van der Waals surface area contributed by atoms with Gasteiger partial charge in [-0.15, -0.1) is 0 Å². The fraction of sp³-hybridized carbons (Fsp3) is 0.875. The summed E-state index contributed by atoms with van der Waals surface area (Å²) in [6.45, 7) is 6.84. The minimum atomic E-state index is -0.145. The van der Waals surface area contributed by atoms with Crippen LogP contribution in [0.4, 0.5) is 0 Å². The topological polar surface area (TPSA) is 49.4 Å². The van der Waals surface area contributed by atoms with Gasteiger partial charge in [-0.3, -0.25) is 9.59 Å². The van der Waals surface area contributed by atoms with Gasteiger partial charge in [0.2, 0.25) is 11.8 Å². The van der Waals surface area contributed by atoms with E-state index >= 15 is 0 Å². The van der Waals surface area contributed by atoms with Crippen LogP contribution in [0.3, 0.4) is 0 Å². The van der Waals surface area contributed by atoms with Gasteiger partial charge >= 0.3 is 0 Å². The Hall–Kier alpha value is -1.06. The van der Waals surface area contributed by atoms with Crippen LogP contribution in [-0.2, 0) is 9.59 Å². The highest BCUT2D eigenvalue weighted by atomic mass is 16.2. The molecule has 2 fully saturated rings. The third-order valence-electron chi connectivity index (χ3n) is 4.92. The molecule has 4 nitrogen and oxygen atoms in total. The molecule has 4 heteroatoms. The fourth-order valence-electron chi connectivity index (χ4n) is 3.44. The molecule has 0 aromatic carbocycles. The monoisotopic (exact) mass is 280 g/mol. The van der Waals surface area contributed by atoms with Crippen molar-refractivity contribution in [2.45, 2.75) is 71.4 Å². The van der Waals surface area contributed by atoms with Crippen LogP contribution in [0, 0.1) is 11.8 Å². The predicted molar refractivity (Wildman–Crippen MR) is 79.1 cm³/mol. The van der Waals surface area contributed by atoms with Crippen molar-refractivity contribution in [1.82, 2.24) is 10.2 Å². The number of amides is 2. The van der Waals surface area contributed by atoms with E-state index in [9.17, 15) is 9.59 Å². The second kappa shape index (κ2) is 6.59. The Kier molecular flexibility index (Phi) is 5.06. The number of likely N-dealkylation sites (tertiary alicyclic amines) is 1. The minimum Gasteiger partial charge on any atom is -0.353 e. The summed E-state index contributed by atoms with van der Waals surface area (Å²) in [6.07, 6.45) is 6.28. The molecule has 0 radical (unpaired) electrons. The summed E-state index contributed by atoms with van der Waals surface area (Å²) in [6, 6.07) is 0.522. The molecule has 2 aliphatic rings. The van der Waals surface area contributed by atoms with E-state index in [-0.39, 0.29) is 23.8 Å². The maximum Gasteiger partial charge on any atom is 0.225 e. The summed E-state index contributed by atoms with van der Waals surface area (Å²) in [5.74, 6) is 0.901. The first kappa shape index (κ1) is 15.3. The van der Waals surface area contributed by atoms with Crippen molar-refractivity contribution in [1.29, 1.82) is 0 Å². The van der Waals surface area contributed by atoms with Crippen LogP contribution in [0.15, 0.2) is 0 Å². The van der Waals surface area contributed by atoms with Crippen LogP contribution >= 0.6 is 0 Å². The molecule has 0 aromatic rings. The van der Waals surface area contributed by atoms with Crippen molar-refractivity contribution in [3.8, 4) is 0 Å². The molecule has 1 saturated carbocycles. The van der Waals surface area contributed by atoms with E-state index in [1.807, 2.05) is 18.7 Å². The molecule has 1 N–H and O–H groups in total. The maximum atomic E-state index is 12.3. The van der Waals surface area contributed by atoms with E-state index in [0.29, 0.717) is 19.0 Å². The van der Waals surface area contributed by atoms with Crippen molar-refractivity contribution >= 4 is 11.8 Å². The molecule has 0 aromatic heterocycles. The number of carbonyl (C=O) groups is 2. The molecule has 1 saturated heterocycles. The lowest BCUT2D eigenvalue weighted by Crippen LogP contribution is -2.42. The van der Waals surface area contributed by atoms with Crippen LogP contribution in [0.25, 0.3) is 0 Å². The highest BCUT2D eigenvalue weighted by molar-refractivity contribution is 5.89. The van der Waals surface area contributed by atoms with Crippen molar-refractivity contribution in [2.24, 2.45) is 11.8 Å². The molecule has 20 heavy (non-hydrogen) atoms. The lowest BCUT2D eigenvalue weighted by molar-refractivity contribution is -0.130. The van der Waals surface area contributed by atoms with Gasteiger partial charge in [0.1, 0.15) is 0 Å². The Bertz CT molecular complexity index is 359. The third kappa shape index (κ3) is 3.53. The van der Waals surface area contributed by atoms with Gasteiger partial charge in [0, 0.05) is 25.0 Å². The number of carbonyl (C=O) groups excluding carboxylic acids is 2. The number of nitrogens with one attached hydrogen (secondary N) is 1. The summed E-state index contributed by atoms with van der Waals surface area (Å²) in [4.78, 5) is 26.0. The molecule has 1 aliphatic carbocycles. The molecule has 1 atom stereocenters. The Morgan fingerprint density at radius 1 is 1.30 bits per heavy atom. The summed E-state index contributed by atoms with van der Waals surface area (Å²) >= 11 is 0. The van der Waals surface area contributed by atoms with Crippen molar-refractivity contribution in [3.05, 3.63) is 0 Å². The van der Waals surface area contributed by atoms with Gasteiger partial charge in [0.25, 0.3) is 0 Å². The smallest absolute Gasteiger partial charge is 0.225 e. The van der Waals surface area contributed by atoms with Gasteiger partial charge in [-0.25, -0.2) is 0 Å². The molecule has 0 bridgehead atoms. The summed E-state index contributed by atoms with van der Waals surface area (Å²) in [5.41, 5.74) is 0. The van der Waals surface area contributed by atoms with Gasteiger partial charge in [0.15, 0.2) is 0 Å². The zero-order valence-corrected chi connectivity index (χ0v) is 13.0. The first-order valence-electron chi connectivity index (χ1n) is 8.11. The van der Waals surface area contributed by atoms with E-state index in [2.05, 4.69) is 12.2 Å². The number of nitrogens with zero attached hydrogens (tertiary/aromatic N) is 1. The third-order valence-corrected chi connectivity index (χ3v) is 4.92. The van der Waals surface area contributed by atoms with Crippen molar-refractivity contribution in [3.63, 3.8) is 0 Å². The standard InChI is InChI=1S/C16H28N2O2/c1-4-12-5-7-14(8-6-12)17-16(20)13-9-15(19)18(10-13)11(2)3/h11-14H,4-10H2,1-3H3,(H,17,20)/t12?,13-,14?/m0/s1. The molecule has 0 unspecified atom stereocenters. The van der Waals surface area contributed by atoms with E-state index in [1.54, 1.807) is 0 Å². The average Bonchev–Trinajstić information content (AvgIpc) is 2.82. The second-order valence-electron chi connectivity index (χ2n) is 6.68. The number of hydrogen-bond donors (Lipinski definition) is 1. The lowest BCUT2D eigenvalue weighted by Gasteiger charge is -2.29. The number of rotatable bonds is 4. The zero-order chi connectivity index (χ0) is 14.7. The van der Waals surface area contributed by atoms with Gasteiger partial charge in [-0.2, -0.15) is 0 Å². The van der Waals surface area contributed by atoms with E-state index in [1.165, 1.54) is 19.3 Å². The Morgan fingerprint density at radius 3 is 2.45 bits per heavy atom. The molecule has 1 aliphatic heterocycles. The van der Waals surface area contributed by atoms with Crippen LogP contribution in [0.2, 0.25) is 0 Å². The molecular formula is C16H28N2O2. The number of hydrogen-bond acceptors (Lipinski definition) is 2. The van der Waals surface area contributed by atoms with Crippen LogP contribution in [-0.4, -0.2) is 35.3 Å². The zero-order valence-electron chi connectivity index (χ0n) is 13.0. The SMILES string of the molecule is CCC1CCC(NC(=O)[C@H]2CC(=O)N(C(C)C)C2)CC1.